The Morgan fingerprint density at radius 3 is 2.79 bits per heavy atom. The van der Waals surface area contributed by atoms with E-state index in [1.165, 1.54) is 17.8 Å². The summed E-state index contributed by atoms with van der Waals surface area (Å²) in [6, 6.07) is 12.3. The van der Waals surface area contributed by atoms with Crippen LogP contribution in [0.3, 0.4) is 0 Å². The van der Waals surface area contributed by atoms with Crippen LogP contribution in [-0.2, 0) is 10.5 Å². The predicted octanol–water partition coefficient (Wildman–Crippen LogP) is 4.34. The molecule has 5 heteroatoms. The van der Waals surface area contributed by atoms with Crippen molar-refractivity contribution in [3.63, 3.8) is 0 Å². The number of nitrogens with one attached hydrogen (secondary N) is 1. The highest BCUT2D eigenvalue weighted by molar-refractivity contribution is 7.98. The van der Waals surface area contributed by atoms with Crippen molar-refractivity contribution in [3.05, 3.63) is 58.9 Å². The quantitative estimate of drug-likeness (QED) is 0.657. The predicted molar refractivity (Wildman–Crippen MR) is 77.1 cm³/mol. The molecule has 0 fully saturated rings. The lowest BCUT2D eigenvalue weighted by Crippen LogP contribution is -1.95. The minimum atomic E-state index is -0.391. The van der Waals surface area contributed by atoms with Gasteiger partial charge in [0.25, 0.3) is 0 Å². The van der Waals surface area contributed by atoms with Crippen molar-refractivity contribution in [1.82, 2.24) is 0 Å². The minimum Gasteiger partial charge on any atom is -0.328 e. The van der Waals surface area contributed by atoms with E-state index in [2.05, 4.69) is 5.32 Å². The van der Waals surface area contributed by atoms with Gasteiger partial charge >= 0.3 is 0 Å². The fraction of sp³-hybridized carbons (Fsp3) is 0.0714. The third-order valence-electron chi connectivity index (χ3n) is 2.52. The van der Waals surface area contributed by atoms with Crippen LogP contribution in [0.2, 0.25) is 5.02 Å². The molecule has 0 aliphatic carbocycles. The first kappa shape index (κ1) is 13.9. The van der Waals surface area contributed by atoms with E-state index in [-0.39, 0.29) is 5.02 Å². The molecule has 0 aromatic heterocycles. The second-order valence-corrected chi connectivity index (χ2v) is 5.18. The maximum Gasteiger partial charge on any atom is 0.211 e. The lowest BCUT2D eigenvalue weighted by Gasteiger charge is -2.08. The lowest BCUT2D eigenvalue weighted by molar-refractivity contribution is -0.105. The van der Waals surface area contributed by atoms with E-state index in [9.17, 15) is 9.18 Å². The Morgan fingerprint density at radius 1 is 1.21 bits per heavy atom. The second-order valence-electron chi connectivity index (χ2n) is 3.76. The van der Waals surface area contributed by atoms with Crippen molar-refractivity contribution in [3.8, 4) is 0 Å². The van der Waals surface area contributed by atoms with E-state index < -0.39 is 5.82 Å². The number of hydrogen-bond acceptors (Lipinski definition) is 2. The summed E-state index contributed by atoms with van der Waals surface area (Å²) in [7, 11) is 0. The average molecular weight is 296 g/mol. The smallest absolute Gasteiger partial charge is 0.211 e. The monoisotopic (exact) mass is 295 g/mol. The molecule has 0 aliphatic heterocycles. The molecule has 1 amide bonds. The van der Waals surface area contributed by atoms with Gasteiger partial charge in [0, 0.05) is 10.6 Å². The van der Waals surface area contributed by atoms with Crippen molar-refractivity contribution in [2.24, 2.45) is 0 Å². The molecule has 0 unspecified atom stereocenters. The van der Waals surface area contributed by atoms with Gasteiger partial charge in [-0.05, 0) is 23.8 Å². The molecule has 98 valence electrons. The fourth-order valence-corrected chi connectivity index (χ4v) is 2.78. The maximum atomic E-state index is 13.7. The molecular formula is C14H11ClFNOS. The molecule has 1 N–H and O–H groups in total. The molecule has 0 aliphatic rings. The molecule has 19 heavy (non-hydrogen) atoms. The van der Waals surface area contributed by atoms with Gasteiger partial charge in [0.1, 0.15) is 5.82 Å². The third kappa shape index (κ3) is 3.49. The van der Waals surface area contributed by atoms with E-state index in [0.29, 0.717) is 23.4 Å². The van der Waals surface area contributed by atoms with Gasteiger partial charge in [-0.25, -0.2) is 4.39 Å². The fourth-order valence-electron chi connectivity index (χ4n) is 1.59. The van der Waals surface area contributed by atoms with Crippen LogP contribution in [0.15, 0.2) is 47.4 Å². The standard InChI is InChI=1S/C14H11ClFNOS/c15-11-5-3-4-10(14(11)16)8-19-13-7-2-1-6-12(13)17-9-18/h1-7,9H,8H2,(H,17,18). The molecule has 2 aromatic rings. The Kier molecular flexibility index (Phi) is 4.82. The van der Waals surface area contributed by atoms with Crippen LogP contribution in [0.5, 0.6) is 0 Å². The number of thioether (sulfide) groups is 1. The summed E-state index contributed by atoms with van der Waals surface area (Å²) in [6.45, 7) is 0. The first-order valence-corrected chi connectivity index (χ1v) is 6.93. The van der Waals surface area contributed by atoms with Crippen molar-refractivity contribution in [2.45, 2.75) is 10.6 Å². The van der Waals surface area contributed by atoms with Crippen LogP contribution in [-0.4, -0.2) is 6.41 Å². The summed E-state index contributed by atoms with van der Waals surface area (Å²) in [4.78, 5) is 11.4. The van der Waals surface area contributed by atoms with Gasteiger partial charge in [-0.15, -0.1) is 11.8 Å². The maximum absolute atomic E-state index is 13.7. The third-order valence-corrected chi connectivity index (χ3v) is 3.93. The number of hydrogen-bond donors (Lipinski definition) is 1. The summed E-state index contributed by atoms with van der Waals surface area (Å²) in [5, 5.41) is 2.74. The molecule has 0 heterocycles. The summed E-state index contributed by atoms with van der Waals surface area (Å²) in [5.74, 6) is 0.0571. The Hall–Kier alpha value is -1.52. The van der Waals surface area contributed by atoms with Gasteiger partial charge in [0.05, 0.1) is 10.7 Å². The van der Waals surface area contributed by atoms with Gasteiger partial charge in [0.15, 0.2) is 0 Å². The zero-order valence-electron chi connectivity index (χ0n) is 9.90. The second kappa shape index (κ2) is 6.59. The number of carbonyl (C=O) groups is 1. The molecule has 2 aromatic carbocycles. The molecule has 0 bridgehead atoms. The number of amides is 1. The Morgan fingerprint density at radius 2 is 2.00 bits per heavy atom. The van der Waals surface area contributed by atoms with Crippen LogP contribution >= 0.6 is 23.4 Å². The van der Waals surface area contributed by atoms with E-state index in [0.717, 1.165) is 4.90 Å². The molecule has 0 atom stereocenters. The van der Waals surface area contributed by atoms with Crippen LogP contribution < -0.4 is 5.32 Å². The van der Waals surface area contributed by atoms with Crippen molar-refractivity contribution < 1.29 is 9.18 Å². The van der Waals surface area contributed by atoms with E-state index in [1.807, 2.05) is 18.2 Å². The van der Waals surface area contributed by atoms with Gasteiger partial charge in [0.2, 0.25) is 6.41 Å². The highest BCUT2D eigenvalue weighted by Gasteiger charge is 2.08. The summed E-state index contributed by atoms with van der Waals surface area (Å²) >= 11 is 7.18. The zero-order valence-corrected chi connectivity index (χ0v) is 11.5. The number of anilines is 1. The van der Waals surface area contributed by atoms with Gasteiger partial charge in [-0.2, -0.15) is 0 Å². The van der Waals surface area contributed by atoms with Crippen LogP contribution in [0.4, 0.5) is 10.1 Å². The average Bonchev–Trinajstić information content (AvgIpc) is 2.42. The molecular weight excluding hydrogens is 285 g/mol. The highest BCUT2D eigenvalue weighted by Crippen LogP contribution is 2.31. The minimum absolute atomic E-state index is 0.123. The van der Waals surface area contributed by atoms with Gasteiger partial charge in [-0.1, -0.05) is 35.9 Å². The van der Waals surface area contributed by atoms with Crippen molar-refractivity contribution in [2.75, 3.05) is 5.32 Å². The number of benzene rings is 2. The molecule has 0 saturated heterocycles. The van der Waals surface area contributed by atoms with Crippen molar-refractivity contribution in [1.29, 1.82) is 0 Å². The van der Waals surface area contributed by atoms with E-state index in [1.54, 1.807) is 18.2 Å². The highest BCUT2D eigenvalue weighted by atomic mass is 35.5. The Labute approximate surface area is 120 Å². The molecule has 2 nitrogen and oxygen atoms in total. The zero-order chi connectivity index (χ0) is 13.7. The molecule has 0 radical (unpaired) electrons. The van der Waals surface area contributed by atoms with Crippen LogP contribution in [0.1, 0.15) is 5.56 Å². The summed E-state index contributed by atoms with van der Waals surface area (Å²) < 4.78 is 13.7. The number of rotatable bonds is 5. The van der Waals surface area contributed by atoms with Crippen molar-refractivity contribution >= 4 is 35.5 Å². The summed E-state index contributed by atoms with van der Waals surface area (Å²) in [6.07, 6.45) is 0.624. The molecule has 0 saturated carbocycles. The summed E-state index contributed by atoms with van der Waals surface area (Å²) in [5.41, 5.74) is 1.25. The Balaban J connectivity index is 2.14. The van der Waals surface area contributed by atoms with Crippen LogP contribution in [0.25, 0.3) is 0 Å². The van der Waals surface area contributed by atoms with E-state index >= 15 is 0 Å². The number of carbonyl (C=O) groups excluding carboxylic acids is 1. The first-order chi connectivity index (χ1) is 9.22. The normalized spacial score (nSPS) is 10.2. The Bertz CT molecular complexity index is 591. The largest absolute Gasteiger partial charge is 0.328 e. The van der Waals surface area contributed by atoms with E-state index in [4.69, 9.17) is 11.6 Å². The molecule has 0 spiro atoms. The first-order valence-electron chi connectivity index (χ1n) is 5.57. The topological polar surface area (TPSA) is 29.1 Å². The SMILES string of the molecule is O=CNc1ccccc1SCc1cccc(Cl)c1F. The lowest BCUT2D eigenvalue weighted by atomic mass is 10.2. The van der Waals surface area contributed by atoms with Gasteiger partial charge < -0.3 is 5.32 Å². The molecule has 2 rings (SSSR count). The number of para-hydroxylation sites is 1. The van der Waals surface area contributed by atoms with Crippen LogP contribution in [0, 0.1) is 5.82 Å². The van der Waals surface area contributed by atoms with Gasteiger partial charge in [-0.3, -0.25) is 4.79 Å². The number of halogens is 2.